The molecule has 0 radical (unpaired) electrons. The Morgan fingerprint density at radius 1 is 0.422 bits per heavy atom. The number of aromatic amines is 2. The highest BCUT2D eigenvalue weighted by atomic mass is 32.2. The van der Waals surface area contributed by atoms with Gasteiger partial charge in [-0.1, -0.05) is 36.4 Å². The van der Waals surface area contributed by atoms with Gasteiger partial charge in [0.05, 0.1) is 21.5 Å². The molecule has 4 aromatic heterocycles. The van der Waals surface area contributed by atoms with Gasteiger partial charge in [-0.3, -0.25) is 0 Å². The average molecular weight is 945 g/mol. The van der Waals surface area contributed by atoms with Crippen molar-refractivity contribution in [2.45, 2.75) is 31.0 Å². The maximum absolute atomic E-state index is 13.3. The van der Waals surface area contributed by atoms with Crippen molar-refractivity contribution in [3.63, 3.8) is 0 Å². The summed E-state index contributed by atoms with van der Waals surface area (Å²) in [5, 5.41) is 1.64. The number of rotatable bonds is 0. The van der Waals surface area contributed by atoms with Crippen LogP contribution in [0.1, 0.15) is 16.8 Å². The number of alkyl halides is 9. The fraction of sp³-hybridized carbons (Fsp3) is 0.111. The number of fused-ring (bicyclic) bond motifs is 8. The molecular weight excluding hydrogens is 918 g/mol. The summed E-state index contributed by atoms with van der Waals surface area (Å²) in [6.07, 6.45) is -2.27. The van der Waals surface area contributed by atoms with Crippen LogP contribution in [0, 0.1) is 48.8 Å². The second-order valence-electron chi connectivity index (χ2n) is 14.0. The van der Waals surface area contributed by atoms with Gasteiger partial charge in [0.2, 0.25) is 0 Å². The highest BCUT2D eigenvalue weighted by Gasteiger charge is 2.49. The summed E-state index contributed by atoms with van der Waals surface area (Å²) in [7, 11) is -4.79. The Morgan fingerprint density at radius 3 is 1.27 bits per heavy atom. The summed E-state index contributed by atoms with van der Waals surface area (Å²) in [6.45, 7) is 3.58. The molecular formula is C45H27F15N2S2+2. The number of aryl methyl sites for hydroxylation is 2. The zero-order valence-electron chi connectivity index (χ0n) is 32.5. The molecule has 0 aliphatic carbocycles. The van der Waals surface area contributed by atoms with Gasteiger partial charge in [-0.05, 0) is 73.5 Å². The molecule has 332 valence electrons. The van der Waals surface area contributed by atoms with Gasteiger partial charge in [-0.2, -0.15) is 13.2 Å². The van der Waals surface area contributed by atoms with Crippen LogP contribution in [0.3, 0.4) is 0 Å². The lowest BCUT2D eigenvalue weighted by molar-refractivity contribution is -0.141. The molecule has 0 spiro atoms. The first-order chi connectivity index (χ1) is 29.9. The average Bonchev–Trinajstić information content (AvgIpc) is 3.95. The van der Waals surface area contributed by atoms with E-state index >= 15 is 0 Å². The Labute approximate surface area is 356 Å². The Kier molecular flexibility index (Phi) is 12.2. The molecule has 2 nitrogen and oxygen atoms in total. The molecule has 10 rings (SSSR count). The highest BCUT2D eigenvalue weighted by molar-refractivity contribution is 7.44. The van der Waals surface area contributed by atoms with Gasteiger partial charge in [0.1, 0.15) is 38.3 Å². The topological polar surface area (TPSA) is 31.6 Å². The largest absolute Gasteiger partial charge is 0.601 e. The van der Waals surface area contributed by atoms with Crippen molar-refractivity contribution in [2.24, 2.45) is 0 Å². The second-order valence-corrected chi connectivity index (χ2v) is 17.9. The van der Waals surface area contributed by atoms with Crippen molar-refractivity contribution in [3.8, 4) is 0 Å². The Hall–Kier alpha value is -6.21. The minimum absolute atomic E-state index is 0.00509. The molecule has 6 aromatic carbocycles. The van der Waals surface area contributed by atoms with Crippen LogP contribution in [-0.4, -0.2) is 9.97 Å². The molecule has 0 bridgehead atoms. The van der Waals surface area contributed by atoms with E-state index in [2.05, 4.69) is 35.1 Å². The summed E-state index contributed by atoms with van der Waals surface area (Å²) in [5.74, 6) is -6.86. The first-order valence-corrected chi connectivity index (χ1v) is 20.8. The molecule has 0 fully saturated rings. The van der Waals surface area contributed by atoms with E-state index in [9.17, 15) is 65.9 Å². The SMILES string of the molecule is Cc1c(C(F)(F)F)[nH]c2ccccc12.Cc1c[nH]c2ccccc12.Fc1cc2c3cc(F)c(F)cc3[s+](C(F)(F)F)c2cc1F.Fc1ccc2c(c1)c1cc(F)ccc1[s+]2C(F)(F)F. The highest BCUT2D eigenvalue weighted by Crippen LogP contribution is 2.55. The van der Waals surface area contributed by atoms with Crippen LogP contribution in [0.5, 0.6) is 0 Å². The zero-order chi connectivity index (χ0) is 46.6. The lowest BCUT2D eigenvalue weighted by atomic mass is 10.1. The smallest absolute Gasteiger partial charge is 0.361 e. The van der Waals surface area contributed by atoms with Gasteiger partial charge in [-0.25, -0.2) is 26.3 Å². The van der Waals surface area contributed by atoms with Gasteiger partial charge in [-0.15, -0.1) is 26.3 Å². The number of halogens is 15. The molecule has 0 aliphatic heterocycles. The lowest BCUT2D eigenvalue weighted by Gasteiger charge is -2.04. The summed E-state index contributed by atoms with van der Waals surface area (Å²) in [4.78, 5) is 5.57. The molecule has 64 heavy (non-hydrogen) atoms. The van der Waals surface area contributed by atoms with Crippen LogP contribution in [0.4, 0.5) is 65.9 Å². The summed E-state index contributed by atoms with van der Waals surface area (Å²) in [6, 6.07) is 23.3. The van der Waals surface area contributed by atoms with Crippen molar-refractivity contribution >= 4 is 83.1 Å². The van der Waals surface area contributed by atoms with Crippen LogP contribution >= 0.6 is 20.9 Å². The Balaban J connectivity index is 0.000000132. The van der Waals surface area contributed by atoms with Crippen LogP contribution in [-0.2, 0) is 17.2 Å². The number of thiophene rings is 2. The number of aromatic nitrogens is 2. The summed E-state index contributed by atoms with van der Waals surface area (Å²) >= 11 is 0. The van der Waals surface area contributed by atoms with Crippen molar-refractivity contribution < 1.29 is 65.9 Å². The van der Waals surface area contributed by atoms with Gasteiger partial charge >= 0.3 is 17.2 Å². The van der Waals surface area contributed by atoms with Crippen molar-refractivity contribution in [1.29, 1.82) is 0 Å². The zero-order valence-corrected chi connectivity index (χ0v) is 34.1. The van der Waals surface area contributed by atoms with E-state index in [-0.39, 0.29) is 36.5 Å². The monoisotopic (exact) mass is 944 g/mol. The van der Waals surface area contributed by atoms with Crippen LogP contribution in [0.2, 0.25) is 0 Å². The molecule has 19 heteroatoms. The molecule has 0 amide bonds. The Bertz CT molecular complexity index is 3220. The van der Waals surface area contributed by atoms with Crippen LogP contribution in [0.25, 0.3) is 62.2 Å². The van der Waals surface area contributed by atoms with E-state index in [0.29, 0.717) is 35.2 Å². The van der Waals surface area contributed by atoms with Gasteiger partial charge in [0, 0.05) is 52.3 Å². The van der Waals surface area contributed by atoms with E-state index in [1.54, 1.807) is 24.3 Å². The van der Waals surface area contributed by atoms with Gasteiger partial charge in [0.25, 0.3) is 0 Å². The molecule has 0 unspecified atom stereocenters. The fourth-order valence-electron chi connectivity index (χ4n) is 7.12. The first kappa shape index (κ1) is 45.8. The third kappa shape index (κ3) is 8.95. The van der Waals surface area contributed by atoms with E-state index < -0.39 is 88.1 Å². The number of H-pyrrole nitrogens is 2. The van der Waals surface area contributed by atoms with Gasteiger partial charge in [0.15, 0.2) is 42.1 Å². The lowest BCUT2D eigenvalue weighted by Crippen LogP contribution is -2.06. The van der Waals surface area contributed by atoms with Crippen molar-refractivity contribution in [2.75, 3.05) is 0 Å². The minimum atomic E-state index is -4.81. The molecule has 2 N–H and O–H groups in total. The molecule has 0 saturated heterocycles. The standard InChI is InChI=1S/C13H4F7S.C13H6F5S.C10H8F3N.C9H9N/c14-7-1-5-6-2-8(15)10(17)4-12(6)21(13(18,19)20)11(5)3-9(7)16;14-7-1-3-11-9(5-7)10-6-8(15)2-4-12(10)19(11)13(16,17)18;1-6-7-4-2-3-5-8(7)14-9(6)10(11,12)13;1-7-6-10-9-5-3-2-4-8(7)9/h1-4H;1-6H;2-5,14H,1H3;2-6,10H,1H3/q2*+1;;. The quantitative estimate of drug-likeness (QED) is 0.112. The fourth-order valence-corrected chi connectivity index (χ4v) is 11.0. The number of hydrogen-bond acceptors (Lipinski definition) is 0. The first-order valence-electron chi connectivity index (χ1n) is 18.3. The van der Waals surface area contributed by atoms with Crippen molar-refractivity contribution in [1.82, 2.24) is 9.97 Å². The third-order valence-corrected chi connectivity index (χ3v) is 14.0. The Morgan fingerprint density at radius 2 is 0.828 bits per heavy atom. The molecule has 0 saturated carbocycles. The summed E-state index contributed by atoms with van der Waals surface area (Å²) in [5.41, 5.74) is -6.61. The number of para-hydroxylation sites is 2. The van der Waals surface area contributed by atoms with E-state index in [4.69, 9.17) is 0 Å². The maximum atomic E-state index is 13.3. The van der Waals surface area contributed by atoms with E-state index in [1.807, 2.05) is 12.3 Å². The van der Waals surface area contributed by atoms with Gasteiger partial charge < -0.3 is 9.97 Å². The minimum Gasteiger partial charge on any atom is -0.361 e. The van der Waals surface area contributed by atoms with Crippen molar-refractivity contribution in [3.05, 3.63) is 167 Å². The molecule has 4 heterocycles. The maximum Gasteiger partial charge on any atom is 0.601 e. The molecule has 0 aliphatic rings. The number of hydrogen-bond donors (Lipinski definition) is 2. The predicted octanol–water partition coefficient (Wildman–Crippen LogP) is 17.2. The van der Waals surface area contributed by atoms with E-state index in [0.717, 1.165) is 36.4 Å². The van der Waals surface area contributed by atoms with E-state index in [1.165, 1.54) is 23.4 Å². The predicted molar refractivity (Wildman–Crippen MR) is 221 cm³/mol. The summed E-state index contributed by atoms with van der Waals surface area (Å²) < 4.78 is 195. The third-order valence-electron chi connectivity index (χ3n) is 9.90. The molecule has 0 atom stereocenters. The van der Waals surface area contributed by atoms with Crippen LogP contribution in [0.15, 0.2) is 115 Å². The second kappa shape index (κ2) is 17.1. The molecule has 10 aromatic rings. The van der Waals surface area contributed by atoms with Crippen LogP contribution < -0.4 is 0 Å². The number of benzene rings is 6. The normalized spacial score (nSPS) is 12.1. The number of nitrogens with one attached hydrogen (secondary N) is 2.